The molecule has 0 heterocycles. The highest BCUT2D eigenvalue weighted by Crippen LogP contribution is 2.20. The van der Waals surface area contributed by atoms with Crippen molar-refractivity contribution in [2.24, 2.45) is 0 Å². The first-order valence-electron chi connectivity index (χ1n) is 5.83. The number of carboxylic acid groups (broad SMARTS) is 1. The molecule has 0 aliphatic heterocycles. The minimum absolute atomic E-state index is 0.0204. The number of aromatic carboxylic acids is 1. The summed E-state index contributed by atoms with van der Waals surface area (Å²) < 4.78 is 13.3. The number of urea groups is 1. The van der Waals surface area contributed by atoms with E-state index in [-0.39, 0.29) is 15.7 Å². The van der Waals surface area contributed by atoms with Crippen molar-refractivity contribution in [3.05, 3.63) is 58.3 Å². The topological polar surface area (TPSA) is 78.4 Å². The molecule has 0 atom stereocenters. The lowest BCUT2D eigenvalue weighted by molar-refractivity contribution is 0.0698. The van der Waals surface area contributed by atoms with Crippen molar-refractivity contribution in [2.45, 2.75) is 0 Å². The highest BCUT2D eigenvalue weighted by atomic mass is 79.9. The number of rotatable bonds is 3. The summed E-state index contributed by atoms with van der Waals surface area (Å²) >= 11 is 3.01. The molecule has 0 radical (unpaired) electrons. The molecule has 7 heteroatoms. The minimum Gasteiger partial charge on any atom is -0.478 e. The molecule has 0 saturated carbocycles. The van der Waals surface area contributed by atoms with Gasteiger partial charge in [0, 0.05) is 5.69 Å². The van der Waals surface area contributed by atoms with Gasteiger partial charge in [0.15, 0.2) is 0 Å². The molecule has 2 aromatic rings. The van der Waals surface area contributed by atoms with Crippen LogP contribution in [0, 0.1) is 5.82 Å². The number of carbonyl (C=O) groups excluding carboxylic acids is 1. The van der Waals surface area contributed by atoms with Crippen LogP contribution in [-0.4, -0.2) is 17.1 Å². The zero-order valence-electron chi connectivity index (χ0n) is 10.6. The summed E-state index contributed by atoms with van der Waals surface area (Å²) in [6.45, 7) is 0. The fourth-order valence-corrected chi connectivity index (χ4v) is 2.02. The highest BCUT2D eigenvalue weighted by Gasteiger charge is 2.12. The van der Waals surface area contributed by atoms with Crippen LogP contribution >= 0.6 is 15.9 Å². The van der Waals surface area contributed by atoms with Gasteiger partial charge in [-0.05, 0) is 46.3 Å². The fourth-order valence-electron chi connectivity index (χ4n) is 1.64. The molecule has 0 saturated heterocycles. The van der Waals surface area contributed by atoms with Gasteiger partial charge in [0.1, 0.15) is 5.82 Å². The molecule has 3 N–H and O–H groups in total. The molecule has 21 heavy (non-hydrogen) atoms. The lowest BCUT2D eigenvalue weighted by Gasteiger charge is -2.10. The van der Waals surface area contributed by atoms with Crippen LogP contribution in [0.5, 0.6) is 0 Å². The molecule has 0 aliphatic carbocycles. The van der Waals surface area contributed by atoms with E-state index >= 15 is 0 Å². The third-order valence-corrected chi connectivity index (χ3v) is 3.19. The first kappa shape index (κ1) is 15.0. The van der Waals surface area contributed by atoms with E-state index in [1.807, 2.05) is 0 Å². The second kappa shape index (κ2) is 6.36. The molecular weight excluding hydrogens is 343 g/mol. The smallest absolute Gasteiger partial charge is 0.337 e. The van der Waals surface area contributed by atoms with Gasteiger partial charge in [0.25, 0.3) is 0 Å². The van der Waals surface area contributed by atoms with Crippen LogP contribution in [0.2, 0.25) is 0 Å². The Hall–Kier alpha value is -2.41. The number of anilines is 2. The summed E-state index contributed by atoms with van der Waals surface area (Å²) in [5, 5.41) is 13.9. The van der Waals surface area contributed by atoms with Crippen LogP contribution in [-0.2, 0) is 0 Å². The number of hydrogen-bond acceptors (Lipinski definition) is 2. The quantitative estimate of drug-likeness (QED) is 0.782. The molecule has 0 aromatic heterocycles. The van der Waals surface area contributed by atoms with Gasteiger partial charge in [0.05, 0.1) is 15.7 Å². The van der Waals surface area contributed by atoms with Crippen molar-refractivity contribution >= 4 is 39.3 Å². The van der Waals surface area contributed by atoms with Crippen LogP contribution in [0.25, 0.3) is 0 Å². The Morgan fingerprint density at radius 2 is 1.81 bits per heavy atom. The van der Waals surface area contributed by atoms with Crippen molar-refractivity contribution in [3.8, 4) is 0 Å². The second-order valence-electron chi connectivity index (χ2n) is 4.06. The van der Waals surface area contributed by atoms with Gasteiger partial charge in [-0.1, -0.05) is 12.1 Å². The Kier molecular flexibility index (Phi) is 4.54. The van der Waals surface area contributed by atoms with Crippen molar-refractivity contribution < 1.29 is 19.1 Å². The van der Waals surface area contributed by atoms with Gasteiger partial charge in [0.2, 0.25) is 0 Å². The summed E-state index contributed by atoms with van der Waals surface area (Å²) in [7, 11) is 0. The molecule has 2 amide bonds. The van der Waals surface area contributed by atoms with Crippen LogP contribution in [0.3, 0.4) is 0 Å². The molecule has 0 aliphatic rings. The number of halogens is 2. The van der Waals surface area contributed by atoms with Gasteiger partial charge in [-0.25, -0.2) is 14.0 Å². The number of benzene rings is 2. The summed E-state index contributed by atoms with van der Waals surface area (Å²) in [6, 6.07) is 9.39. The predicted molar refractivity (Wildman–Crippen MR) is 80.1 cm³/mol. The van der Waals surface area contributed by atoms with E-state index in [0.717, 1.165) is 0 Å². The normalized spacial score (nSPS) is 10.0. The molecular formula is C14H10BrFN2O3. The minimum atomic E-state index is -1.14. The van der Waals surface area contributed by atoms with E-state index in [2.05, 4.69) is 26.6 Å². The van der Waals surface area contributed by atoms with E-state index in [1.54, 1.807) is 12.1 Å². The van der Waals surface area contributed by atoms with Gasteiger partial charge in [-0.2, -0.15) is 0 Å². The van der Waals surface area contributed by atoms with Crippen LogP contribution in [0.15, 0.2) is 46.9 Å². The standard InChI is InChI=1S/C14H10BrFN2O3/c15-10-7-8(5-6-11(10)16)17-14(21)18-12-4-2-1-3-9(12)13(19)20/h1-7H,(H,19,20)(H2,17,18,21). The van der Waals surface area contributed by atoms with Crippen molar-refractivity contribution in [1.29, 1.82) is 0 Å². The average molecular weight is 353 g/mol. The number of hydrogen-bond donors (Lipinski definition) is 3. The largest absolute Gasteiger partial charge is 0.478 e. The van der Waals surface area contributed by atoms with E-state index in [1.165, 1.54) is 30.3 Å². The van der Waals surface area contributed by atoms with Crippen molar-refractivity contribution in [1.82, 2.24) is 0 Å². The summed E-state index contributed by atoms with van der Waals surface area (Å²) in [6.07, 6.45) is 0. The zero-order chi connectivity index (χ0) is 15.4. The average Bonchev–Trinajstić information content (AvgIpc) is 2.43. The predicted octanol–water partition coefficient (Wildman–Crippen LogP) is 3.93. The van der Waals surface area contributed by atoms with E-state index < -0.39 is 17.8 Å². The number of carbonyl (C=O) groups is 2. The van der Waals surface area contributed by atoms with Crippen LogP contribution in [0.1, 0.15) is 10.4 Å². The Morgan fingerprint density at radius 1 is 1.10 bits per heavy atom. The second-order valence-corrected chi connectivity index (χ2v) is 4.91. The highest BCUT2D eigenvalue weighted by molar-refractivity contribution is 9.10. The van der Waals surface area contributed by atoms with Crippen molar-refractivity contribution in [3.63, 3.8) is 0 Å². The molecule has 0 spiro atoms. The molecule has 2 rings (SSSR count). The number of para-hydroxylation sites is 1. The van der Waals surface area contributed by atoms with Gasteiger partial charge < -0.3 is 15.7 Å². The lowest BCUT2D eigenvalue weighted by atomic mass is 10.2. The maximum atomic E-state index is 13.1. The first-order chi connectivity index (χ1) is 9.97. The Morgan fingerprint density at radius 3 is 2.48 bits per heavy atom. The summed E-state index contributed by atoms with van der Waals surface area (Å²) in [5.41, 5.74) is 0.519. The third kappa shape index (κ3) is 3.79. The van der Waals surface area contributed by atoms with E-state index in [9.17, 15) is 14.0 Å². The number of nitrogens with one attached hydrogen (secondary N) is 2. The van der Waals surface area contributed by atoms with Crippen LogP contribution in [0.4, 0.5) is 20.6 Å². The number of amides is 2. The van der Waals surface area contributed by atoms with Gasteiger partial charge >= 0.3 is 12.0 Å². The third-order valence-electron chi connectivity index (χ3n) is 2.58. The maximum Gasteiger partial charge on any atom is 0.337 e. The molecule has 108 valence electrons. The Bertz CT molecular complexity index is 706. The first-order valence-corrected chi connectivity index (χ1v) is 6.62. The Balaban J connectivity index is 2.12. The fraction of sp³-hybridized carbons (Fsp3) is 0. The summed E-state index contributed by atoms with van der Waals surface area (Å²) in [5.74, 6) is -1.59. The van der Waals surface area contributed by atoms with Crippen LogP contribution < -0.4 is 10.6 Å². The van der Waals surface area contributed by atoms with E-state index in [0.29, 0.717) is 5.69 Å². The molecule has 2 aromatic carbocycles. The SMILES string of the molecule is O=C(Nc1ccc(F)c(Br)c1)Nc1ccccc1C(=O)O. The molecule has 0 bridgehead atoms. The summed E-state index contributed by atoms with van der Waals surface area (Å²) in [4.78, 5) is 22.9. The van der Waals surface area contributed by atoms with E-state index in [4.69, 9.17) is 5.11 Å². The van der Waals surface area contributed by atoms with Crippen molar-refractivity contribution in [2.75, 3.05) is 10.6 Å². The van der Waals surface area contributed by atoms with Gasteiger partial charge in [-0.15, -0.1) is 0 Å². The molecule has 0 fully saturated rings. The monoisotopic (exact) mass is 352 g/mol. The number of carboxylic acids is 1. The lowest BCUT2D eigenvalue weighted by Crippen LogP contribution is -2.21. The molecule has 0 unspecified atom stereocenters. The maximum absolute atomic E-state index is 13.1. The molecule has 5 nitrogen and oxygen atoms in total. The Labute approximate surface area is 127 Å². The zero-order valence-corrected chi connectivity index (χ0v) is 12.1. The van der Waals surface area contributed by atoms with Gasteiger partial charge in [-0.3, -0.25) is 0 Å².